The third-order valence-electron chi connectivity index (χ3n) is 5.82. The van der Waals surface area contributed by atoms with E-state index in [1.165, 1.54) is 0 Å². The number of carbonyl (C=O) groups is 3. The van der Waals surface area contributed by atoms with Crippen molar-refractivity contribution in [1.29, 1.82) is 0 Å². The topological polar surface area (TPSA) is 110 Å². The van der Waals surface area contributed by atoms with Gasteiger partial charge in [-0.05, 0) is 37.0 Å². The molecule has 0 fully saturated rings. The van der Waals surface area contributed by atoms with Gasteiger partial charge in [0.05, 0.1) is 5.92 Å². The average Bonchev–Trinajstić information content (AvgIpc) is 2.91. The van der Waals surface area contributed by atoms with Crippen LogP contribution in [0.3, 0.4) is 0 Å². The van der Waals surface area contributed by atoms with E-state index in [2.05, 4.69) is 5.92 Å². The van der Waals surface area contributed by atoms with E-state index >= 15 is 0 Å². The summed E-state index contributed by atoms with van der Waals surface area (Å²) >= 11 is 0. The van der Waals surface area contributed by atoms with Crippen LogP contribution in [0, 0.1) is 36.0 Å². The maximum absolute atomic E-state index is 13.4. The van der Waals surface area contributed by atoms with Crippen molar-refractivity contribution in [2.24, 2.45) is 23.7 Å². The van der Waals surface area contributed by atoms with Crippen LogP contribution in [0.1, 0.15) is 80.1 Å². The lowest BCUT2D eigenvalue weighted by Gasteiger charge is -2.38. The summed E-state index contributed by atoms with van der Waals surface area (Å²) < 4.78 is 10.6. The number of Topliss-reactive ketones (excluding diaryl/α,β-unsaturated/α-hetero) is 2. The van der Waals surface area contributed by atoms with E-state index in [1.54, 1.807) is 0 Å². The fraction of sp³-hybridized carbons (Fsp3) is 0.731. The number of hydrogen-bond donors (Lipinski definition) is 2. The van der Waals surface area contributed by atoms with E-state index in [1.807, 2.05) is 41.5 Å². The van der Waals surface area contributed by atoms with Gasteiger partial charge in [-0.2, -0.15) is 0 Å². The van der Waals surface area contributed by atoms with Crippen molar-refractivity contribution in [2.45, 2.75) is 91.8 Å². The van der Waals surface area contributed by atoms with Crippen molar-refractivity contribution in [1.82, 2.24) is 0 Å². The Balaban J connectivity index is 3.55. The maximum atomic E-state index is 13.4. The third kappa shape index (κ3) is 7.33. The van der Waals surface area contributed by atoms with Crippen molar-refractivity contribution in [3.63, 3.8) is 0 Å². The van der Waals surface area contributed by atoms with Gasteiger partial charge < -0.3 is 19.7 Å². The molecule has 1 aliphatic rings. The molecule has 0 saturated heterocycles. The molecule has 0 bridgehead atoms. The second-order valence-electron chi connectivity index (χ2n) is 10.1. The molecule has 1 unspecified atom stereocenters. The molecule has 0 radical (unpaired) electrons. The molecule has 0 aliphatic heterocycles. The number of aliphatic hydroxyl groups is 2. The lowest BCUT2D eigenvalue weighted by molar-refractivity contribution is -0.144. The molecule has 3 atom stereocenters. The van der Waals surface area contributed by atoms with Gasteiger partial charge in [0, 0.05) is 12.8 Å². The van der Waals surface area contributed by atoms with Crippen LogP contribution in [0.25, 0.3) is 0 Å². The number of terminal acetylenes is 1. The summed E-state index contributed by atoms with van der Waals surface area (Å²) in [6.45, 7) is 11.4. The van der Waals surface area contributed by atoms with E-state index in [-0.39, 0.29) is 55.6 Å². The van der Waals surface area contributed by atoms with Crippen molar-refractivity contribution in [2.75, 3.05) is 6.61 Å². The van der Waals surface area contributed by atoms with Gasteiger partial charge in [0.25, 0.3) is 0 Å². The number of ketones is 2. The Kier molecular flexibility index (Phi) is 11.1. The molecule has 0 aromatic heterocycles. The van der Waals surface area contributed by atoms with Gasteiger partial charge in [-0.1, -0.05) is 48.0 Å². The number of aliphatic hydroxyl groups excluding tert-OH is 2. The molecule has 0 heterocycles. The molecule has 1 aliphatic carbocycles. The van der Waals surface area contributed by atoms with Crippen LogP contribution in [-0.4, -0.2) is 46.2 Å². The van der Waals surface area contributed by atoms with Gasteiger partial charge in [-0.25, -0.2) is 4.79 Å². The van der Waals surface area contributed by atoms with E-state index in [0.717, 1.165) is 0 Å². The third-order valence-corrected chi connectivity index (χ3v) is 5.82. The molecule has 2 N–H and O–H groups in total. The van der Waals surface area contributed by atoms with Gasteiger partial charge >= 0.3 is 6.16 Å². The largest absolute Gasteiger partial charge is 0.509 e. The van der Waals surface area contributed by atoms with Crippen LogP contribution < -0.4 is 0 Å². The van der Waals surface area contributed by atoms with Crippen LogP contribution in [0.15, 0.2) is 11.3 Å². The van der Waals surface area contributed by atoms with Crippen LogP contribution in [0.4, 0.5) is 4.79 Å². The Morgan fingerprint density at radius 1 is 1.06 bits per heavy atom. The van der Waals surface area contributed by atoms with E-state index < -0.39 is 41.1 Å². The Hall–Kier alpha value is -2.33. The van der Waals surface area contributed by atoms with Crippen molar-refractivity contribution >= 4 is 17.7 Å². The molecule has 0 aromatic carbocycles. The van der Waals surface area contributed by atoms with Crippen LogP contribution in [0.2, 0.25) is 0 Å². The van der Waals surface area contributed by atoms with Crippen molar-refractivity contribution in [3.05, 3.63) is 11.3 Å². The SMILES string of the molecule is C#CCCOC(=O)O[C@]1(C(O)CCC(C)C)C(O)=C(C(=O)CC(C)C)C(=O)[C@@H]1CCC(C)C. The Morgan fingerprint density at radius 3 is 2.18 bits per heavy atom. The summed E-state index contributed by atoms with van der Waals surface area (Å²) in [5, 5.41) is 22.5. The standard InChI is InChI=1S/C26H40O7/c1-8-9-14-32-25(31)33-26(21(28)13-11-17(4)5)19(12-10-16(2)3)23(29)22(24(26)30)20(27)15-18(6)7/h1,16-19,21,28,30H,9-15H2,2-7H3/t19-,21?,26+/m0/s1. The Morgan fingerprint density at radius 2 is 1.67 bits per heavy atom. The van der Waals surface area contributed by atoms with Crippen molar-refractivity contribution < 1.29 is 34.1 Å². The maximum Gasteiger partial charge on any atom is 0.509 e. The number of allylic oxidation sites excluding steroid dienone is 1. The predicted octanol–water partition coefficient (Wildman–Crippen LogP) is 4.76. The Bertz CT molecular complexity index is 772. The van der Waals surface area contributed by atoms with Gasteiger partial charge in [0.1, 0.15) is 18.3 Å². The summed E-state index contributed by atoms with van der Waals surface area (Å²) in [7, 11) is 0. The molecule has 0 spiro atoms. The second kappa shape index (κ2) is 12.8. The smallest absolute Gasteiger partial charge is 0.507 e. The quantitative estimate of drug-likeness (QED) is 0.175. The highest BCUT2D eigenvalue weighted by Gasteiger charge is 2.62. The molecule has 0 amide bonds. The summed E-state index contributed by atoms with van der Waals surface area (Å²) in [4.78, 5) is 38.9. The van der Waals surface area contributed by atoms with E-state index in [4.69, 9.17) is 15.9 Å². The number of carbonyl (C=O) groups excluding carboxylic acids is 3. The lowest BCUT2D eigenvalue weighted by atomic mass is 9.77. The van der Waals surface area contributed by atoms with E-state index in [9.17, 15) is 24.6 Å². The normalized spacial score (nSPS) is 21.6. The van der Waals surface area contributed by atoms with Crippen LogP contribution in [-0.2, 0) is 19.1 Å². The first-order valence-corrected chi connectivity index (χ1v) is 11.9. The molecule has 7 nitrogen and oxygen atoms in total. The first kappa shape index (κ1) is 28.7. The number of ether oxygens (including phenoxy) is 2. The molecule has 186 valence electrons. The Labute approximate surface area is 197 Å². The highest BCUT2D eigenvalue weighted by atomic mass is 16.7. The van der Waals surface area contributed by atoms with Crippen LogP contribution in [0.5, 0.6) is 0 Å². The second-order valence-corrected chi connectivity index (χ2v) is 10.1. The first-order chi connectivity index (χ1) is 15.4. The summed E-state index contributed by atoms with van der Waals surface area (Å²) in [6, 6.07) is 0. The minimum absolute atomic E-state index is 0.0461. The zero-order chi connectivity index (χ0) is 25.3. The minimum Gasteiger partial charge on any atom is -0.507 e. The van der Waals surface area contributed by atoms with Crippen molar-refractivity contribution in [3.8, 4) is 12.3 Å². The van der Waals surface area contributed by atoms with Gasteiger partial charge in [-0.15, -0.1) is 12.3 Å². The summed E-state index contributed by atoms with van der Waals surface area (Å²) in [5.74, 6) is -0.155. The molecular weight excluding hydrogens is 424 g/mol. The zero-order valence-electron chi connectivity index (χ0n) is 20.8. The summed E-state index contributed by atoms with van der Waals surface area (Å²) in [6.07, 6.45) is 4.38. The van der Waals surface area contributed by atoms with Crippen LogP contribution >= 0.6 is 0 Å². The van der Waals surface area contributed by atoms with E-state index in [0.29, 0.717) is 12.8 Å². The fourth-order valence-electron chi connectivity index (χ4n) is 4.08. The highest BCUT2D eigenvalue weighted by Crippen LogP contribution is 2.47. The van der Waals surface area contributed by atoms with Gasteiger partial charge in [0.2, 0.25) is 5.60 Å². The average molecular weight is 465 g/mol. The molecule has 33 heavy (non-hydrogen) atoms. The predicted molar refractivity (Wildman–Crippen MR) is 125 cm³/mol. The minimum atomic E-state index is -2.07. The molecule has 7 heteroatoms. The fourth-order valence-corrected chi connectivity index (χ4v) is 4.08. The zero-order valence-corrected chi connectivity index (χ0v) is 20.8. The summed E-state index contributed by atoms with van der Waals surface area (Å²) in [5.41, 5.74) is -2.45. The molecular formula is C26H40O7. The monoisotopic (exact) mass is 464 g/mol. The van der Waals surface area contributed by atoms with Gasteiger partial charge in [-0.3, -0.25) is 9.59 Å². The molecule has 1 rings (SSSR count). The molecule has 0 saturated carbocycles. The van der Waals surface area contributed by atoms with Gasteiger partial charge in [0.15, 0.2) is 17.3 Å². The first-order valence-electron chi connectivity index (χ1n) is 11.9. The highest BCUT2D eigenvalue weighted by molar-refractivity contribution is 6.23. The lowest BCUT2D eigenvalue weighted by Crippen LogP contribution is -2.53. The molecule has 0 aromatic rings. The number of rotatable bonds is 13. The number of hydrogen-bond acceptors (Lipinski definition) is 7.